The van der Waals surface area contributed by atoms with E-state index < -0.39 is 0 Å². The van der Waals surface area contributed by atoms with Gasteiger partial charge in [-0.3, -0.25) is 4.79 Å². The summed E-state index contributed by atoms with van der Waals surface area (Å²) in [5.41, 5.74) is 0.735. The van der Waals surface area contributed by atoms with E-state index in [-0.39, 0.29) is 5.91 Å². The van der Waals surface area contributed by atoms with Crippen LogP contribution < -0.4 is 5.32 Å². The molecule has 1 amide bonds. The fraction of sp³-hybridized carbons (Fsp3) is 0.562. The molecule has 2 rings (SSSR count). The molecular weight excluding hydrogens is 396 g/mol. The predicted octanol–water partition coefficient (Wildman–Crippen LogP) is 4.21. The van der Waals surface area contributed by atoms with Gasteiger partial charge in [-0.15, -0.1) is 0 Å². The zero-order valence-corrected chi connectivity index (χ0v) is 15.5. The number of nitrogens with one attached hydrogen (secondary N) is 1. The van der Waals surface area contributed by atoms with Gasteiger partial charge in [0.1, 0.15) is 0 Å². The van der Waals surface area contributed by atoms with Crippen molar-refractivity contribution in [3.8, 4) is 0 Å². The number of halogens is 2. The predicted molar refractivity (Wildman–Crippen MR) is 93.7 cm³/mol. The molecule has 0 saturated carbocycles. The van der Waals surface area contributed by atoms with Crippen molar-refractivity contribution in [2.45, 2.75) is 38.6 Å². The van der Waals surface area contributed by atoms with Crippen LogP contribution in [0.25, 0.3) is 0 Å². The summed E-state index contributed by atoms with van der Waals surface area (Å²) in [5.74, 6) is 0.116. The van der Waals surface area contributed by atoms with Gasteiger partial charge in [0.05, 0.1) is 5.56 Å². The van der Waals surface area contributed by atoms with Gasteiger partial charge in [0.2, 0.25) is 0 Å². The quantitative estimate of drug-likeness (QED) is 0.751. The van der Waals surface area contributed by atoms with Gasteiger partial charge >= 0.3 is 0 Å². The van der Waals surface area contributed by atoms with E-state index in [0.717, 1.165) is 53.4 Å². The second kappa shape index (κ2) is 8.30. The minimum Gasteiger partial charge on any atom is -0.337 e. The van der Waals surface area contributed by atoms with Gasteiger partial charge in [0.15, 0.2) is 0 Å². The van der Waals surface area contributed by atoms with Gasteiger partial charge in [0, 0.05) is 28.1 Å². The Bertz CT molecular complexity index is 487. The van der Waals surface area contributed by atoms with Crippen molar-refractivity contribution in [1.29, 1.82) is 0 Å². The standard InChI is InChI=1S/C16H22Br2N2O/c1-2-3-9-20(11-13-5-4-8-19-13)16(21)14-10-12(17)6-7-15(14)18/h6-7,10,13,19H,2-5,8-9,11H2,1H3. The molecule has 116 valence electrons. The normalized spacial score (nSPS) is 18.0. The number of carbonyl (C=O) groups excluding carboxylic acids is 1. The fourth-order valence-corrected chi connectivity index (χ4v) is 3.41. The van der Waals surface area contributed by atoms with Crippen molar-refractivity contribution >= 4 is 37.8 Å². The Balaban J connectivity index is 2.13. The third-order valence-electron chi connectivity index (χ3n) is 3.83. The second-order valence-electron chi connectivity index (χ2n) is 5.52. The molecule has 1 fully saturated rings. The monoisotopic (exact) mass is 416 g/mol. The molecule has 5 heteroatoms. The lowest BCUT2D eigenvalue weighted by atomic mass is 10.1. The summed E-state index contributed by atoms with van der Waals surface area (Å²) in [6.45, 7) is 4.86. The van der Waals surface area contributed by atoms with Gasteiger partial charge in [-0.1, -0.05) is 29.3 Å². The second-order valence-corrected chi connectivity index (χ2v) is 7.29. The number of rotatable bonds is 6. The molecule has 1 heterocycles. The summed E-state index contributed by atoms with van der Waals surface area (Å²) in [6.07, 6.45) is 4.52. The SMILES string of the molecule is CCCCN(CC1CCCN1)C(=O)c1cc(Br)ccc1Br. The smallest absolute Gasteiger partial charge is 0.255 e. The lowest BCUT2D eigenvalue weighted by Gasteiger charge is -2.26. The number of unbranched alkanes of at least 4 members (excludes halogenated alkanes) is 1. The topological polar surface area (TPSA) is 32.3 Å². The largest absolute Gasteiger partial charge is 0.337 e. The van der Waals surface area contributed by atoms with Crippen molar-refractivity contribution in [3.63, 3.8) is 0 Å². The highest BCUT2D eigenvalue weighted by Crippen LogP contribution is 2.23. The molecular formula is C16H22Br2N2O. The third kappa shape index (κ3) is 4.80. The molecule has 1 aliphatic heterocycles. The van der Waals surface area contributed by atoms with Crippen molar-refractivity contribution < 1.29 is 4.79 Å². The maximum Gasteiger partial charge on any atom is 0.255 e. The van der Waals surface area contributed by atoms with E-state index in [1.54, 1.807) is 0 Å². The molecule has 0 bridgehead atoms. The number of hydrogen-bond acceptors (Lipinski definition) is 2. The Hall–Kier alpha value is -0.390. The van der Waals surface area contributed by atoms with Crippen LogP contribution in [0.15, 0.2) is 27.1 Å². The fourth-order valence-electron chi connectivity index (χ4n) is 2.64. The van der Waals surface area contributed by atoms with Crippen molar-refractivity contribution in [3.05, 3.63) is 32.7 Å². The van der Waals surface area contributed by atoms with E-state index in [2.05, 4.69) is 44.1 Å². The number of carbonyl (C=O) groups is 1. The molecule has 3 nitrogen and oxygen atoms in total. The molecule has 0 aliphatic carbocycles. The summed E-state index contributed by atoms with van der Waals surface area (Å²) in [4.78, 5) is 14.9. The molecule has 1 unspecified atom stereocenters. The molecule has 21 heavy (non-hydrogen) atoms. The highest BCUT2D eigenvalue weighted by Gasteiger charge is 2.23. The van der Waals surface area contributed by atoms with Crippen LogP contribution in [0.1, 0.15) is 43.0 Å². The average Bonchev–Trinajstić information content (AvgIpc) is 2.98. The minimum absolute atomic E-state index is 0.116. The van der Waals surface area contributed by atoms with Crippen LogP contribution in [0, 0.1) is 0 Å². The summed E-state index contributed by atoms with van der Waals surface area (Å²) in [6, 6.07) is 6.20. The van der Waals surface area contributed by atoms with Crippen molar-refractivity contribution in [2.75, 3.05) is 19.6 Å². The Kier molecular flexibility index (Phi) is 6.71. The molecule has 1 aromatic carbocycles. The first-order valence-corrected chi connectivity index (χ1v) is 9.18. The molecule has 1 N–H and O–H groups in total. The third-order valence-corrected chi connectivity index (χ3v) is 5.02. The van der Waals surface area contributed by atoms with E-state index >= 15 is 0 Å². The maximum absolute atomic E-state index is 12.9. The van der Waals surface area contributed by atoms with E-state index in [4.69, 9.17) is 0 Å². The average molecular weight is 418 g/mol. The van der Waals surface area contributed by atoms with Crippen LogP contribution in [0.5, 0.6) is 0 Å². The lowest BCUT2D eigenvalue weighted by molar-refractivity contribution is 0.0738. The van der Waals surface area contributed by atoms with Crippen LogP contribution in [0.4, 0.5) is 0 Å². The maximum atomic E-state index is 12.9. The summed E-state index contributed by atoms with van der Waals surface area (Å²) < 4.78 is 1.79. The van der Waals surface area contributed by atoms with Crippen LogP contribution in [-0.4, -0.2) is 36.5 Å². The van der Waals surface area contributed by atoms with Crippen molar-refractivity contribution in [2.24, 2.45) is 0 Å². The summed E-state index contributed by atoms with van der Waals surface area (Å²) in [7, 11) is 0. The molecule has 1 saturated heterocycles. The summed E-state index contributed by atoms with van der Waals surface area (Å²) >= 11 is 6.95. The van der Waals surface area contributed by atoms with E-state index in [1.165, 1.54) is 6.42 Å². The number of nitrogens with zero attached hydrogens (tertiary/aromatic N) is 1. The van der Waals surface area contributed by atoms with E-state index in [1.807, 2.05) is 23.1 Å². The molecule has 1 atom stereocenters. The van der Waals surface area contributed by atoms with E-state index in [0.29, 0.717) is 6.04 Å². The van der Waals surface area contributed by atoms with Gasteiger partial charge in [-0.2, -0.15) is 0 Å². The van der Waals surface area contributed by atoms with Crippen LogP contribution in [-0.2, 0) is 0 Å². The zero-order chi connectivity index (χ0) is 15.2. The van der Waals surface area contributed by atoms with Crippen molar-refractivity contribution in [1.82, 2.24) is 10.2 Å². The van der Waals surface area contributed by atoms with Crippen LogP contribution in [0.3, 0.4) is 0 Å². The Morgan fingerprint density at radius 1 is 1.43 bits per heavy atom. The number of benzene rings is 1. The molecule has 1 aliphatic rings. The number of amides is 1. The summed E-state index contributed by atoms with van der Waals surface area (Å²) in [5, 5.41) is 3.48. The van der Waals surface area contributed by atoms with Crippen LogP contribution in [0.2, 0.25) is 0 Å². The van der Waals surface area contributed by atoms with Crippen LogP contribution >= 0.6 is 31.9 Å². The van der Waals surface area contributed by atoms with Gasteiger partial charge in [0.25, 0.3) is 5.91 Å². The van der Waals surface area contributed by atoms with Gasteiger partial charge < -0.3 is 10.2 Å². The zero-order valence-electron chi connectivity index (χ0n) is 12.4. The highest BCUT2D eigenvalue weighted by molar-refractivity contribution is 9.11. The highest BCUT2D eigenvalue weighted by atomic mass is 79.9. The Morgan fingerprint density at radius 3 is 2.90 bits per heavy atom. The molecule has 1 aromatic rings. The van der Waals surface area contributed by atoms with E-state index in [9.17, 15) is 4.79 Å². The van der Waals surface area contributed by atoms with Gasteiger partial charge in [-0.25, -0.2) is 0 Å². The first-order valence-electron chi connectivity index (χ1n) is 7.59. The molecule has 0 aromatic heterocycles. The molecule has 0 spiro atoms. The molecule has 0 radical (unpaired) electrons. The number of hydrogen-bond donors (Lipinski definition) is 1. The lowest BCUT2D eigenvalue weighted by Crippen LogP contribution is -2.41. The first-order chi connectivity index (χ1) is 10.1. The first kappa shape index (κ1) is 17.0. The minimum atomic E-state index is 0.116. The Morgan fingerprint density at radius 2 is 2.24 bits per heavy atom. The van der Waals surface area contributed by atoms with Gasteiger partial charge in [-0.05, 0) is 59.9 Å². The Labute approximate surface area is 143 Å².